The Hall–Kier alpha value is -3.36. The number of amides is 1. The molecule has 1 atom stereocenters. The van der Waals surface area contributed by atoms with Crippen LogP contribution in [0.4, 0.5) is 0 Å². The lowest BCUT2D eigenvalue weighted by molar-refractivity contribution is -0.140. The van der Waals surface area contributed by atoms with Gasteiger partial charge in [0.25, 0.3) is 11.7 Å². The second-order valence-electron chi connectivity index (χ2n) is 8.56. The Morgan fingerprint density at radius 3 is 2.46 bits per heavy atom. The Labute approximate surface area is 205 Å². The van der Waals surface area contributed by atoms with E-state index in [2.05, 4.69) is 4.90 Å². The fourth-order valence-corrected chi connectivity index (χ4v) is 4.48. The van der Waals surface area contributed by atoms with Crippen molar-refractivity contribution in [2.24, 2.45) is 0 Å². The predicted octanol–water partition coefficient (Wildman–Crippen LogP) is 3.24. The molecular formula is C27H32N2O6. The Kier molecular flexibility index (Phi) is 8.05. The molecule has 1 amide bonds. The van der Waals surface area contributed by atoms with Crippen molar-refractivity contribution in [1.29, 1.82) is 0 Å². The van der Waals surface area contributed by atoms with Crippen LogP contribution in [0, 0.1) is 0 Å². The van der Waals surface area contributed by atoms with Crippen molar-refractivity contribution >= 4 is 17.4 Å². The zero-order chi connectivity index (χ0) is 24.8. The van der Waals surface area contributed by atoms with Gasteiger partial charge in [-0.05, 0) is 36.8 Å². The number of hydrogen-bond donors (Lipinski definition) is 1. The van der Waals surface area contributed by atoms with Crippen LogP contribution in [0.2, 0.25) is 0 Å². The van der Waals surface area contributed by atoms with E-state index in [-0.39, 0.29) is 11.3 Å². The summed E-state index contributed by atoms with van der Waals surface area (Å²) in [6.45, 7) is 6.40. The molecule has 0 bridgehead atoms. The number of aliphatic hydroxyl groups is 1. The zero-order valence-corrected chi connectivity index (χ0v) is 20.2. The molecule has 2 aromatic rings. The van der Waals surface area contributed by atoms with Crippen LogP contribution in [0.1, 0.15) is 30.5 Å². The van der Waals surface area contributed by atoms with Gasteiger partial charge in [0.05, 0.1) is 38.5 Å². The van der Waals surface area contributed by atoms with Crippen molar-refractivity contribution < 1.29 is 28.9 Å². The number of para-hydroxylation sites is 1. The van der Waals surface area contributed by atoms with Crippen LogP contribution in [-0.4, -0.2) is 79.7 Å². The van der Waals surface area contributed by atoms with Gasteiger partial charge in [-0.25, -0.2) is 0 Å². The molecule has 2 saturated heterocycles. The molecular weight excluding hydrogens is 448 g/mol. The molecule has 2 aliphatic heterocycles. The molecule has 35 heavy (non-hydrogen) atoms. The van der Waals surface area contributed by atoms with Crippen LogP contribution in [0.15, 0.2) is 54.1 Å². The van der Waals surface area contributed by atoms with Crippen molar-refractivity contribution in [3.8, 4) is 11.5 Å². The molecule has 2 fully saturated rings. The number of aliphatic hydroxyl groups excluding tert-OH is 1. The highest BCUT2D eigenvalue weighted by molar-refractivity contribution is 6.46. The minimum atomic E-state index is -0.761. The van der Waals surface area contributed by atoms with Gasteiger partial charge in [-0.2, -0.15) is 0 Å². The second-order valence-corrected chi connectivity index (χ2v) is 8.56. The fourth-order valence-electron chi connectivity index (χ4n) is 4.48. The standard InChI is InChI=1S/C27H32N2O6/c1-3-16-35-20-10-8-19(9-11-20)25(30)23-24(21-6-4-5-7-22(21)33-2)29(27(32)26(23)31)13-12-28-14-17-34-18-15-28/h4-11,24,30H,3,12-18H2,1-2H3/t24-/m1/s1. The van der Waals surface area contributed by atoms with Gasteiger partial charge in [0, 0.05) is 37.3 Å². The highest BCUT2D eigenvalue weighted by atomic mass is 16.5. The number of morpholine rings is 1. The SMILES string of the molecule is CCCOc1ccc(C(O)=C2C(=O)C(=O)N(CCN3CCOCC3)[C@@H]2c2ccccc2OC)cc1. The number of methoxy groups -OCH3 is 1. The quantitative estimate of drug-likeness (QED) is 0.335. The smallest absolute Gasteiger partial charge is 0.295 e. The molecule has 0 radical (unpaired) electrons. The first-order chi connectivity index (χ1) is 17.0. The molecule has 1 N–H and O–H groups in total. The average Bonchev–Trinajstić information content (AvgIpc) is 3.16. The van der Waals surface area contributed by atoms with Gasteiger partial charge in [0.15, 0.2) is 0 Å². The number of carbonyl (C=O) groups is 2. The van der Waals surface area contributed by atoms with Crippen LogP contribution >= 0.6 is 0 Å². The number of benzene rings is 2. The number of rotatable bonds is 9. The molecule has 0 aliphatic carbocycles. The molecule has 0 spiro atoms. The highest BCUT2D eigenvalue weighted by Gasteiger charge is 2.47. The molecule has 4 rings (SSSR count). The summed E-state index contributed by atoms with van der Waals surface area (Å²) in [6, 6.07) is 13.4. The minimum Gasteiger partial charge on any atom is -0.507 e. The van der Waals surface area contributed by atoms with Crippen LogP contribution in [0.25, 0.3) is 5.76 Å². The van der Waals surface area contributed by atoms with Gasteiger partial charge in [0.2, 0.25) is 0 Å². The number of ketones is 1. The summed E-state index contributed by atoms with van der Waals surface area (Å²) < 4.78 is 16.6. The van der Waals surface area contributed by atoms with Crippen molar-refractivity contribution in [3.63, 3.8) is 0 Å². The van der Waals surface area contributed by atoms with E-state index in [1.54, 1.807) is 42.3 Å². The average molecular weight is 481 g/mol. The number of Topliss-reactive ketones (excluding diaryl/α,β-unsaturated/α-hetero) is 1. The number of carbonyl (C=O) groups excluding carboxylic acids is 2. The summed E-state index contributed by atoms with van der Waals surface area (Å²) in [5, 5.41) is 11.3. The molecule has 0 aromatic heterocycles. The fraction of sp³-hybridized carbons (Fsp3) is 0.407. The van der Waals surface area contributed by atoms with Crippen LogP contribution < -0.4 is 9.47 Å². The molecule has 2 aliphatic rings. The van der Waals surface area contributed by atoms with Gasteiger partial charge in [-0.15, -0.1) is 0 Å². The molecule has 2 aromatic carbocycles. The van der Waals surface area contributed by atoms with Gasteiger partial charge >= 0.3 is 0 Å². The van der Waals surface area contributed by atoms with Crippen molar-refractivity contribution in [2.75, 3.05) is 53.1 Å². The van der Waals surface area contributed by atoms with E-state index in [9.17, 15) is 14.7 Å². The number of ether oxygens (including phenoxy) is 3. The molecule has 2 heterocycles. The summed E-state index contributed by atoms with van der Waals surface area (Å²) >= 11 is 0. The van der Waals surface area contributed by atoms with E-state index in [0.717, 1.165) is 19.5 Å². The molecule has 0 saturated carbocycles. The summed E-state index contributed by atoms with van der Waals surface area (Å²) in [5.74, 6) is -0.318. The second kappa shape index (κ2) is 11.4. The summed E-state index contributed by atoms with van der Waals surface area (Å²) in [4.78, 5) is 30.2. The highest BCUT2D eigenvalue weighted by Crippen LogP contribution is 2.42. The van der Waals surface area contributed by atoms with Crippen LogP contribution in [0.5, 0.6) is 11.5 Å². The predicted molar refractivity (Wildman–Crippen MR) is 131 cm³/mol. The maximum absolute atomic E-state index is 13.3. The third-order valence-electron chi connectivity index (χ3n) is 6.33. The van der Waals surface area contributed by atoms with E-state index < -0.39 is 17.7 Å². The minimum absolute atomic E-state index is 0.0590. The molecule has 0 unspecified atom stereocenters. The third kappa shape index (κ3) is 5.33. The van der Waals surface area contributed by atoms with E-state index in [1.807, 2.05) is 25.1 Å². The van der Waals surface area contributed by atoms with E-state index in [0.29, 0.717) is 55.5 Å². The van der Waals surface area contributed by atoms with Gasteiger partial charge in [-0.1, -0.05) is 25.1 Å². The lowest BCUT2D eigenvalue weighted by atomic mass is 9.94. The third-order valence-corrected chi connectivity index (χ3v) is 6.33. The maximum Gasteiger partial charge on any atom is 0.295 e. The van der Waals surface area contributed by atoms with Crippen molar-refractivity contribution in [3.05, 3.63) is 65.2 Å². The Morgan fingerprint density at radius 1 is 1.06 bits per heavy atom. The van der Waals surface area contributed by atoms with Crippen LogP contribution in [0.3, 0.4) is 0 Å². The largest absolute Gasteiger partial charge is 0.507 e. The molecule has 8 heteroatoms. The topological polar surface area (TPSA) is 88.5 Å². The Balaban J connectivity index is 1.72. The van der Waals surface area contributed by atoms with Crippen molar-refractivity contribution in [2.45, 2.75) is 19.4 Å². The maximum atomic E-state index is 13.3. The van der Waals surface area contributed by atoms with Crippen LogP contribution in [-0.2, 0) is 14.3 Å². The Bertz CT molecular complexity index is 1080. The lowest BCUT2D eigenvalue weighted by Gasteiger charge is -2.31. The van der Waals surface area contributed by atoms with E-state index >= 15 is 0 Å². The van der Waals surface area contributed by atoms with E-state index in [4.69, 9.17) is 14.2 Å². The summed E-state index contributed by atoms with van der Waals surface area (Å²) in [5.41, 5.74) is 1.16. The van der Waals surface area contributed by atoms with Crippen molar-refractivity contribution in [1.82, 2.24) is 9.80 Å². The molecule has 8 nitrogen and oxygen atoms in total. The van der Waals surface area contributed by atoms with Gasteiger partial charge in [-0.3, -0.25) is 14.5 Å². The first-order valence-electron chi connectivity index (χ1n) is 12.0. The summed E-state index contributed by atoms with van der Waals surface area (Å²) in [6.07, 6.45) is 0.883. The number of likely N-dealkylation sites (tertiary alicyclic amines) is 1. The summed E-state index contributed by atoms with van der Waals surface area (Å²) in [7, 11) is 1.55. The monoisotopic (exact) mass is 480 g/mol. The van der Waals surface area contributed by atoms with Gasteiger partial charge < -0.3 is 24.2 Å². The zero-order valence-electron chi connectivity index (χ0n) is 20.2. The number of nitrogens with zero attached hydrogens (tertiary/aromatic N) is 2. The van der Waals surface area contributed by atoms with E-state index in [1.165, 1.54) is 0 Å². The Morgan fingerprint density at radius 2 is 1.77 bits per heavy atom. The first-order valence-corrected chi connectivity index (χ1v) is 12.0. The molecule has 186 valence electrons. The normalized spacial score (nSPS) is 20.3. The first kappa shape index (κ1) is 24.8. The lowest BCUT2D eigenvalue weighted by Crippen LogP contribution is -2.42. The number of hydrogen-bond acceptors (Lipinski definition) is 7. The van der Waals surface area contributed by atoms with Gasteiger partial charge in [0.1, 0.15) is 17.3 Å².